The molecule has 2 N–H and O–H groups in total. The van der Waals surface area contributed by atoms with Gasteiger partial charge in [0.05, 0.1) is 0 Å². The highest BCUT2D eigenvalue weighted by Gasteiger charge is 2.26. The van der Waals surface area contributed by atoms with Gasteiger partial charge in [-0.1, -0.05) is 43.2 Å². The van der Waals surface area contributed by atoms with Crippen molar-refractivity contribution in [3.63, 3.8) is 0 Å². The molecule has 1 aliphatic rings. The van der Waals surface area contributed by atoms with E-state index in [1.807, 2.05) is 47.9 Å². The molecular weight excluding hydrogens is 280 g/mol. The van der Waals surface area contributed by atoms with Gasteiger partial charge in [-0.2, -0.15) is 11.8 Å². The van der Waals surface area contributed by atoms with Crippen LogP contribution >= 0.6 is 11.8 Å². The van der Waals surface area contributed by atoms with Crippen LogP contribution < -0.4 is 5.73 Å². The van der Waals surface area contributed by atoms with E-state index in [4.69, 9.17) is 5.73 Å². The SMILES string of the molecule is CCSC1CCCCN(C(=O)C(N)c2ccc(C)cc2)C1. The number of likely N-dealkylation sites (tertiary alicyclic amines) is 1. The molecule has 2 unspecified atom stereocenters. The second-order valence-corrected chi connectivity index (χ2v) is 7.32. The Morgan fingerprint density at radius 1 is 1.38 bits per heavy atom. The topological polar surface area (TPSA) is 46.3 Å². The lowest BCUT2D eigenvalue weighted by atomic mass is 10.0. The first kappa shape index (κ1) is 16.4. The van der Waals surface area contributed by atoms with Gasteiger partial charge in [0.2, 0.25) is 5.91 Å². The summed E-state index contributed by atoms with van der Waals surface area (Å²) in [5.74, 6) is 1.18. The molecule has 2 atom stereocenters. The summed E-state index contributed by atoms with van der Waals surface area (Å²) in [4.78, 5) is 14.7. The standard InChI is InChI=1S/C17H26N2OS/c1-3-21-15-6-4-5-11-19(12-15)17(20)16(18)14-9-7-13(2)8-10-14/h7-10,15-16H,3-6,11-12,18H2,1-2H3. The van der Waals surface area contributed by atoms with Crippen LogP contribution in [0.15, 0.2) is 24.3 Å². The van der Waals surface area contributed by atoms with Gasteiger partial charge < -0.3 is 10.6 Å². The highest BCUT2D eigenvalue weighted by atomic mass is 32.2. The predicted molar refractivity (Wildman–Crippen MR) is 90.5 cm³/mol. The highest BCUT2D eigenvalue weighted by Crippen LogP contribution is 2.24. The molecule has 0 aromatic heterocycles. The van der Waals surface area contributed by atoms with Crippen LogP contribution in [0.4, 0.5) is 0 Å². The van der Waals surface area contributed by atoms with Crippen LogP contribution in [0.3, 0.4) is 0 Å². The number of nitrogens with zero attached hydrogens (tertiary/aromatic N) is 1. The number of hydrogen-bond acceptors (Lipinski definition) is 3. The molecule has 116 valence electrons. The minimum atomic E-state index is -0.532. The second kappa shape index (κ2) is 7.85. The van der Waals surface area contributed by atoms with E-state index in [9.17, 15) is 4.79 Å². The molecule has 0 spiro atoms. The molecule has 1 fully saturated rings. The molecule has 1 heterocycles. The third-order valence-electron chi connectivity index (χ3n) is 4.04. The maximum Gasteiger partial charge on any atom is 0.244 e. The largest absolute Gasteiger partial charge is 0.340 e. The molecule has 1 amide bonds. The van der Waals surface area contributed by atoms with Gasteiger partial charge in [0, 0.05) is 18.3 Å². The fraction of sp³-hybridized carbons (Fsp3) is 0.588. The van der Waals surface area contributed by atoms with Crippen molar-refractivity contribution < 1.29 is 4.79 Å². The maximum atomic E-state index is 12.7. The van der Waals surface area contributed by atoms with Gasteiger partial charge >= 0.3 is 0 Å². The molecule has 0 bridgehead atoms. The van der Waals surface area contributed by atoms with E-state index in [2.05, 4.69) is 6.92 Å². The van der Waals surface area contributed by atoms with Crippen LogP contribution in [-0.4, -0.2) is 34.9 Å². The average molecular weight is 306 g/mol. The molecule has 1 aromatic rings. The van der Waals surface area contributed by atoms with Gasteiger partial charge in [-0.15, -0.1) is 0 Å². The van der Waals surface area contributed by atoms with Crippen LogP contribution in [0.1, 0.15) is 43.4 Å². The van der Waals surface area contributed by atoms with Crippen molar-refractivity contribution in [2.45, 2.75) is 44.4 Å². The Hall–Kier alpha value is -1.00. The first-order valence-electron chi connectivity index (χ1n) is 7.84. The van der Waals surface area contributed by atoms with E-state index in [1.165, 1.54) is 18.4 Å². The van der Waals surface area contributed by atoms with Crippen molar-refractivity contribution in [3.8, 4) is 0 Å². The van der Waals surface area contributed by atoms with Gasteiger partial charge in [-0.25, -0.2) is 0 Å². The zero-order chi connectivity index (χ0) is 15.2. The van der Waals surface area contributed by atoms with Crippen molar-refractivity contribution in [1.29, 1.82) is 0 Å². The normalized spacial score (nSPS) is 20.9. The summed E-state index contributed by atoms with van der Waals surface area (Å²) in [7, 11) is 0. The molecule has 0 saturated carbocycles. The summed E-state index contributed by atoms with van der Waals surface area (Å²) in [5, 5.41) is 0.562. The summed E-state index contributed by atoms with van der Waals surface area (Å²) < 4.78 is 0. The maximum absolute atomic E-state index is 12.7. The van der Waals surface area contributed by atoms with Gasteiger partial charge in [-0.05, 0) is 31.1 Å². The Balaban J connectivity index is 2.04. The first-order chi connectivity index (χ1) is 10.1. The Morgan fingerprint density at radius 2 is 2.10 bits per heavy atom. The van der Waals surface area contributed by atoms with Crippen LogP contribution in [-0.2, 0) is 4.79 Å². The molecule has 4 heteroatoms. The van der Waals surface area contributed by atoms with E-state index in [-0.39, 0.29) is 5.91 Å². The van der Waals surface area contributed by atoms with Gasteiger partial charge in [0.15, 0.2) is 0 Å². The number of carbonyl (C=O) groups is 1. The third kappa shape index (κ3) is 4.48. The summed E-state index contributed by atoms with van der Waals surface area (Å²) in [6.07, 6.45) is 3.51. The number of carbonyl (C=O) groups excluding carboxylic acids is 1. The number of aryl methyl sites for hydroxylation is 1. The minimum Gasteiger partial charge on any atom is -0.340 e. The van der Waals surface area contributed by atoms with Crippen LogP contribution in [0, 0.1) is 6.92 Å². The first-order valence-corrected chi connectivity index (χ1v) is 8.89. The zero-order valence-corrected chi connectivity index (χ0v) is 13.9. The fourth-order valence-corrected chi connectivity index (χ4v) is 3.88. The molecule has 2 rings (SSSR count). The summed E-state index contributed by atoms with van der Waals surface area (Å²) in [5.41, 5.74) is 8.29. The van der Waals surface area contributed by atoms with Crippen molar-refractivity contribution >= 4 is 17.7 Å². The molecule has 0 radical (unpaired) electrons. The van der Waals surface area contributed by atoms with Crippen molar-refractivity contribution in [2.75, 3.05) is 18.8 Å². The van der Waals surface area contributed by atoms with Crippen LogP contribution in [0.2, 0.25) is 0 Å². The van der Waals surface area contributed by atoms with Crippen molar-refractivity contribution in [3.05, 3.63) is 35.4 Å². The molecule has 0 aliphatic carbocycles. The zero-order valence-electron chi connectivity index (χ0n) is 13.0. The van der Waals surface area contributed by atoms with E-state index < -0.39 is 6.04 Å². The van der Waals surface area contributed by atoms with Crippen LogP contribution in [0.25, 0.3) is 0 Å². The molecule has 1 saturated heterocycles. The number of benzene rings is 1. The average Bonchev–Trinajstić information content (AvgIpc) is 2.72. The lowest BCUT2D eigenvalue weighted by molar-refractivity contribution is -0.132. The van der Waals surface area contributed by atoms with E-state index >= 15 is 0 Å². The Bertz CT molecular complexity index is 460. The Morgan fingerprint density at radius 3 is 2.76 bits per heavy atom. The lowest BCUT2D eigenvalue weighted by Gasteiger charge is -2.27. The molecule has 3 nitrogen and oxygen atoms in total. The highest BCUT2D eigenvalue weighted by molar-refractivity contribution is 7.99. The van der Waals surface area contributed by atoms with Gasteiger partial charge in [0.25, 0.3) is 0 Å². The summed E-state index contributed by atoms with van der Waals surface area (Å²) in [6, 6.07) is 7.43. The van der Waals surface area contributed by atoms with Crippen molar-refractivity contribution in [2.24, 2.45) is 5.73 Å². The molecule has 1 aromatic carbocycles. The molecule has 1 aliphatic heterocycles. The summed E-state index contributed by atoms with van der Waals surface area (Å²) in [6.45, 7) is 5.91. The Kier molecular flexibility index (Phi) is 6.12. The van der Waals surface area contributed by atoms with E-state index in [0.29, 0.717) is 5.25 Å². The molecular formula is C17H26N2OS. The monoisotopic (exact) mass is 306 g/mol. The third-order valence-corrected chi connectivity index (χ3v) is 5.23. The predicted octanol–water partition coefficient (Wildman–Crippen LogP) is 3.13. The number of amides is 1. The number of nitrogens with two attached hydrogens (primary N) is 1. The van der Waals surface area contributed by atoms with E-state index in [1.54, 1.807) is 0 Å². The lowest BCUT2D eigenvalue weighted by Crippen LogP contribution is -2.41. The number of thioether (sulfide) groups is 1. The number of hydrogen-bond donors (Lipinski definition) is 1. The van der Waals surface area contributed by atoms with Gasteiger partial charge in [0.1, 0.15) is 6.04 Å². The van der Waals surface area contributed by atoms with Crippen LogP contribution in [0.5, 0.6) is 0 Å². The van der Waals surface area contributed by atoms with Crippen molar-refractivity contribution in [1.82, 2.24) is 4.90 Å². The summed E-state index contributed by atoms with van der Waals surface area (Å²) >= 11 is 1.96. The van der Waals surface area contributed by atoms with Gasteiger partial charge in [-0.3, -0.25) is 4.79 Å². The quantitative estimate of drug-likeness (QED) is 0.929. The number of rotatable bonds is 4. The molecule has 21 heavy (non-hydrogen) atoms. The minimum absolute atomic E-state index is 0.0717. The fourth-order valence-electron chi connectivity index (χ4n) is 2.79. The second-order valence-electron chi connectivity index (χ2n) is 5.75. The van der Waals surface area contributed by atoms with E-state index in [0.717, 1.165) is 30.8 Å². The smallest absolute Gasteiger partial charge is 0.244 e. The Labute approximate surface area is 132 Å².